The summed E-state index contributed by atoms with van der Waals surface area (Å²) < 4.78 is 11.0. The zero-order valence-corrected chi connectivity index (χ0v) is 13.0. The summed E-state index contributed by atoms with van der Waals surface area (Å²) in [5.41, 5.74) is 2.43. The topological polar surface area (TPSA) is 30.5 Å². The SMILES string of the molecule is COCCNCc1cccc(C)c1OCCCSC. The van der Waals surface area contributed by atoms with Crippen LogP contribution in [0, 0.1) is 6.92 Å². The molecule has 0 bridgehead atoms. The van der Waals surface area contributed by atoms with E-state index < -0.39 is 0 Å². The molecule has 0 aliphatic carbocycles. The molecule has 3 nitrogen and oxygen atoms in total. The minimum atomic E-state index is 0.732. The lowest BCUT2D eigenvalue weighted by Gasteiger charge is -2.14. The van der Waals surface area contributed by atoms with Crippen LogP contribution in [0.4, 0.5) is 0 Å². The molecule has 0 fully saturated rings. The number of nitrogens with one attached hydrogen (secondary N) is 1. The monoisotopic (exact) mass is 283 g/mol. The predicted molar refractivity (Wildman–Crippen MR) is 83.3 cm³/mol. The van der Waals surface area contributed by atoms with Crippen molar-refractivity contribution in [3.63, 3.8) is 0 Å². The van der Waals surface area contributed by atoms with E-state index in [0.29, 0.717) is 0 Å². The van der Waals surface area contributed by atoms with Gasteiger partial charge in [-0.05, 0) is 30.9 Å². The number of hydrogen-bond donors (Lipinski definition) is 1. The zero-order valence-electron chi connectivity index (χ0n) is 12.2. The maximum absolute atomic E-state index is 5.94. The number of methoxy groups -OCH3 is 1. The molecule has 0 aromatic heterocycles. The fraction of sp³-hybridized carbons (Fsp3) is 0.600. The van der Waals surface area contributed by atoms with E-state index in [1.54, 1.807) is 7.11 Å². The van der Waals surface area contributed by atoms with Crippen LogP contribution in [0.2, 0.25) is 0 Å². The third-order valence-corrected chi connectivity index (χ3v) is 3.53. The molecule has 1 aromatic rings. The maximum atomic E-state index is 5.94. The highest BCUT2D eigenvalue weighted by atomic mass is 32.2. The highest BCUT2D eigenvalue weighted by Crippen LogP contribution is 2.23. The van der Waals surface area contributed by atoms with Gasteiger partial charge in [0.1, 0.15) is 5.75 Å². The van der Waals surface area contributed by atoms with Crippen molar-refractivity contribution in [3.05, 3.63) is 29.3 Å². The Kier molecular flexibility index (Phi) is 8.71. The lowest BCUT2D eigenvalue weighted by atomic mass is 10.1. The molecule has 0 radical (unpaired) electrons. The summed E-state index contributed by atoms with van der Waals surface area (Å²) >= 11 is 1.86. The van der Waals surface area contributed by atoms with Crippen LogP contribution in [0.25, 0.3) is 0 Å². The summed E-state index contributed by atoms with van der Waals surface area (Å²) in [7, 11) is 1.72. The summed E-state index contributed by atoms with van der Waals surface area (Å²) in [6, 6.07) is 6.30. The first-order valence-corrected chi connectivity index (χ1v) is 8.09. The second-order valence-corrected chi connectivity index (χ2v) is 5.41. The molecular formula is C15H25NO2S. The zero-order chi connectivity index (χ0) is 13.9. The summed E-state index contributed by atoms with van der Waals surface area (Å²) in [5, 5.41) is 3.36. The van der Waals surface area contributed by atoms with Crippen LogP contribution >= 0.6 is 11.8 Å². The van der Waals surface area contributed by atoms with E-state index in [1.165, 1.54) is 11.1 Å². The van der Waals surface area contributed by atoms with E-state index in [0.717, 1.165) is 44.2 Å². The third-order valence-electron chi connectivity index (χ3n) is 2.83. The van der Waals surface area contributed by atoms with E-state index in [9.17, 15) is 0 Å². The van der Waals surface area contributed by atoms with Gasteiger partial charge in [0.15, 0.2) is 0 Å². The number of thioether (sulfide) groups is 1. The van der Waals surface area contributed by atoms with Gasteiger partial charge < -0.3 is 14.8 Å². The average Bonchev–Trinajstić information content (AvgIpc) is 2.42. The normalized spacial score (nSPS) is 10.7. The highest BCUT2D eigenvalue weighted by molar-refractivity contribution is 7.98. The Morgan fingerprint density at radius 1 is 1.26 bits per heavy atom. The summed E-state index contributed by atoms with van der Waals surface area (Å²) in [6.07, 6.45) is 3.21. The minimum Gasteiger partial charge on any atom is -0.493 e. The number of ether oxygens (including phenoxy) is 2. The molecule has 0 spiro atoms. The molecule has 1 aromatic carbocycles. The van der Waals surface area contributed by atoms with Crippen molar-refractivity contribution in [3.8, 4) is 5.75 Å². The first-order valence-electron chi connectivity index (χ1n) is 6.69. The standard InChI is InChI=1S/C15H25NO2S/c1-13-6-4-7-14(12-16-8-10-17-2)15(13)18-9-5-11-19-3/h4,6-7,16H,5,8-12H2,1-3H3. The van der Waals surface area contributed by atoms with Crippen molar-refractivity contribution < 1.29 is 9.47 Å². The Labute approximate surface area is 121 Å². The van der Waals surface area contributed by atoms with Gasteiger partial charge in [0.2, 0.25) is 0 Å². The van der Waals surface area contributed by atoms with Crippen LogP contribution in [-0.2, 0) is 11.3 Å². The molecule has 0 aliphatic rings. The van der Waals surface area contributed by atoms with Gasteiger partial charge in [0.05, 0.1) is 13.2 Å². The van der Waals surface area contributed by atoms with Gasteiger partial charge in [-0.2, -0.15) is 11.8 Å². The second kappa shape index (κ2) is 10.1. The summed E-state index contributed by atoms with van der Waals surface area (Å²) in [6.45, 7) is 5.30. The molecule has 0 atom stereocenters. The van der Waals surface area contributed by atoms with Crippen molar-refractivity contribution in [2.45, 2.75) is 19.9 Å². The quantitative estimate of drug-likeness (QED) is 0.669. The Morgan fingerprint density at radius 2 is 2.11 bits per heavy atom. The third kappa shape index (κ3) is 6.32. The molecule has 0 heterocycles. The molecule has 0 unspecified atom stereocenters. The van der Waals surface area contributed by atoms with E-state index in [2.05, 4.69) is 36.7 Å². The lowest BCUT2D eigenvalue weighted by molar-refractivity contribution is 0.199. The second-order valence-electron chi connectivity index (χ2n) is 4.43. The van der Waals surface area contributed by atoms with Crippen molar-refractivity contribution in [2.75, 3.05) is 38.9 Å². The molecule has 1 rings (SSSR count). The smallest absolute Gasteiger partial charge is 0.126 e. The lowest BCUT2D eigenvalue weighted by Crippen LogP contribution is -2.19. The van der Waals surface area contributed by atoms with Gasteiger partial charge in [-0.25, -0.2) is 0 Å². The minimum absolute atomic E-state index is 0.732. The van der Waals surface area contributed by atoms with Gasteiger partial charge in [-0.15, -0.1) is 0 Å². The van der Waals surface area contributed by atoms with Gasteiger partial charge in [0.25, 0.3) is 0 Å². The van der Waals surface area contributed by atoms with Gasteiger partial charge >= 0.3 is 0 Å². The van der Waals surface area contributed by atoms with E-state index in [4.69, 9.17) is 9.47 Å². The summed E-state index contributed by atoms with van der Waals surface area (Å²) in [4.78, 5) is 0. The number of hydrogen-bond acceptors (Lipinski definition) is 4. The van der Waals surface area contributed by atoms with Gasteiger partial charge in [0, 0.05) is 25.8 Å². The molecule has 0 saturated carbocycles. The largest absolute Gasteiger partial charge is 0.493 e. The Bertz CT molecular complexity index is 358. The van der Waals surface area contributed by atoms with E-state index in [-0.39, 0.29) is 0 Å². The fourth-order valence-corrected chi connectivity index (χ4v) is 2.24. The van der Waals surface area contributed by atoms with Crippen LogP contribution in [0.5, 0.6) is 5.75 Å². The fourth-order valence-electron chi connectivity index (χ4n) is 1.83. The van der Waals surface area contributed by atoms with Gasteiger partial charge in [-0.3, -0.25) is 0 Å². The molecule has 0 amide bonds. The Balaban J connectivity index is 2.51. The van der Waals surface area contributed by atoms with E-state index >= 15 is 0 Å². The number of benzene rings is 1. The Morgan fingerprint density at radius 3 is 2.84 bits per heavy atom. The van der Waals surface area contributed by atoms with Crippen LogP contribution in [0.15, 0.2) is 18.2 Å². The number of rotatable bonds is 10. The molecule has 108 valence electrons. The number of para-hydroxylation sites is 1. The maximum Gasteiger partial charge on any atom is 0.126 e. The molecule has 0 aliphatic heterocycles. The van der Waals surface area contributed by atoms with Gasteiger partial charge in [-0.1, -0.05) is 18.2 Å². The summed E-state index contributed by atoms with van der Waals surface area (Å²) in [5.74, 6) is 2.18. The Hall–Kier alpha value is -0.710. The van der Waals surface area contributed by atoms with Crippen LogP contribution in [0.3, 0.4) is 0 Å². The average molecular weight is 283 g/mol. The number of aryl methyl sites for hydroxylation is 1. The predicted octanol–water partition coefficient (Wildman–Crippen LogP) is 2.86. The molecule has 4 heteroatoms. The molecule has 1 N–H and O–H groups in total. The van der Waals surface area contributed by atoms with Crippen LogP contribution in [-0.4, -0.2) is 38.9 Å². The van der Waals surface area contributed by atoms with Crippen molar-refractivity contribution >= 4 is 11.8 Å². The first kappa shape index (κ1) is 16.3. The van der Waals surface area contributed by atoms with Crippen molar-refractivity contribution in [1.29, 1.82) is 0 Å². The van der Waals surface area contributed by atoms with Crippen LogP contribution in [0.1, 0.15) is 17.5 Å². The van der Waals surface area contributed by atoms with Crippen molar-refractivity contribution in [2.24, 2.45) is 0 Å². The molecule has 0 saturated heterocycles. The van der Waals surface area contributed by atoms with E-state index in [1.807, 2.05) is 11.8 Å². The highest BCUT2D eigenvalue weighted by Gasteiger charge is 2.06. The first-order chi connectivity index (χ1) is 9.29. The van der Waals surface area contributed by atoms with Crippen molar-refractivity contribution in [1.82, 2.24) is 5.32 Å². The van der Waals surface area contributed by atoms with Crippen LogP contribution < -0.4 is 10.1 Å². The molecule has 19 heavy (non-hydrogen) atoms. The molecular weight excluding hydrogens is 258 g/mol.